The molecule has 0 atom stereocenters. The highest BCUT2D eigenvalue weighted by molar-refractivity contribution is 6.33. The second kappa shape index (κ2) is 5.22. The van der Waals surface area contributed by atoms with Gasteiger partial charge in [-0.05, 0) is 13.0 Å². The zero-order valence-electron chi connectivity index (χ0n) is 10.2. The summed E-state index contributed by atoms with van der Waals surface area (Å²) in [5, 5.41) is 10.8. The van der Waals surface area contributed by atoms with Crippen molar-refractivity contribution in [3.8, 4) is 11.3 Å². The predicted octanol–water partition coefficient (Wildman–Crippen LogP) is 3.99. The van der Waals surface area contributed by atoms with Crippen LogP contribution in [0.3, 0.4) is 0 Å². The highest BCUT2D eigenvalue weighted by Crippen LogP contribution is 2.34. The SMILES string of the molecule is Cc1nc(-c2cc([N+](=O)[O-])c(Cl)cc2F)cc(N)c1Cl. The number of nitrogen functional groups attached to an aromatic ring is 1. The van der Waals surface area contributed by atoms with Crippen LogP contribution in [0.5, 0.6) is 0 Å². The van der Waals surface area contributed by atoms with E-state index in [1.54, 1.807) is 6.92 Å². The normalized spacial score (nSPS) is 10.6. The molecule has 0 fully saturated rings. The number of pyridine rings is 1. The van der Waals surface area contributed by atoms with Crippen molar-refractivity contribution in [1.82, 2.24) is 4.98 Å². The Labute approximate surface area is 123 Å². The molecule has 0 radical (unpaired) electrons. The van der Waals surface area contributed by atoms with Crippen LogP contribution in [-0.4, -0.2) is 9.91 Å². The van der Waals surface area contributed by atoms with Crippen LogP contribution in [0.2, 0.25) is 10.0 Å². The molecule has 0 spiro atoms. The van der Waals surface area contributed by atoms with Crippen LogP contribution in [0.1, 0.15) is 5.69 Å². The number of hydrogen-bond acceptors (Lipinski definition) is 4. The van der Waals surface area contributed by atoms with Crippen molar-refractivity contribution < 1.29 is 9.31 Å². The predicted molar refractivity (Wildman–Crippen MR) is 75.5 cm³/mol. The van der Waals surface area contributed by atoms with E-state index in [0.29, 0.717) is 5.69 Å². The first-order chi connectivity index (χ1) is 9.31. The minimum absolute atomic E-state index is 0.0624. The molecule has 5 nitrogen and oxygen atoms in total. The van der Waals surface area contributed by atoms with Crippen molar-refractivity contribution in [3.05, 3.63) is 49.9 Å². The van der Waals surface area contributed by atoms with Crippen LogP contribution < -0.4 is 5.73 Å². The number of nitro benzene ring substituents is 1. The van der Waals surface area contributed by atoms with Gasteiger partial charge in [-0.3, -0.25) is 15.1 Å². The molecule has 1 aromatic carbocycles. The van der Waals surface area contributed by atoms with Gasteiger partial charge in [0.2, 0.25) is 0 Å². The summed E-state index contributed by atoms with van der Waals surface area (Å²) in [6, 6.07) is 3.25. The van der Waals surface area contributed by atoms with Gasteiger partial charge in [0.1, 0.15) is 10.8 Å². The molecule has 8 heteroatoms. The molecule has 104 valence electrons. The van der Waals surface area contributed by atoms with Crippen LogP contribution in [0, 0.1) is 22.9 Å². The lowest BCUT2D eigenvalue weighted by Crippen LogP contribution is -1.98. The number of nitrogens with zero attached hydrogens (tertiary/aromatic N) is 2. The van der Waals surface area contributed by atoms with Crippen molar-refractivity contribution in [2.24, 2.45) is 0 Å². The maximum Gasteiger partial charge on any atom is 0.288 e. The molecule has 20 heavy (non-hydrogen) atoms. The van der Waals surface area contributed by atoms with E-state index in [1.807, 2.05) is 0 Å². The lowest BCUT2D eigenvalue weighted by Gasteiger charge is -2.08. The summed E-state index contributed by atoms with van der Waals surface area (Å²) >= 11 is 11.5. The van der Waals surface area contributed by atoms with Crippen LogP contribution >= 0.6 is 23.2 Å². The van der Waals surface area contributed by atoms with Crippen molar-refractivity contribution in [2.45, 2.75) is 6.92 Å². The minimum atomic E-state index is -0.728. The van der Waals surface area contributed by atoms with Crippen LogP contribution in [0.4, 0.5) is 15.8 Å². The lowest BCUT2D eigenvalue weighted by atomic mass is 10.1. The third-order valence-electron chi connectivity index (χ3n) is 2.66. The monoisotopic (exact) mass is 315 g/mol. The molecule has 1 aromatic heterocycles. The third-order valence-corrected chi connectivity index (χ3v) is 3.46. The summed E-state index contributed by atoms with van der Waals surface area (Å²) in [7, 11) is 0. The first-order valence-corrected chi connectivity index (χ1v) is 6.13. The van der Waals surface area contributed by atoms with Gasteiger partial charge >= 0.3 is 0 Å². The van der Waals surface area contributed by atoms with E-state index in [1.165, 1.54) is 6.07 Å². The van der Waals surface area contributed by atoms with Gasteiger partial charge in [-0.25, -0.2) is 4.39 Å². The number of hydrogen-bond donors (Lipinski definition) is 1. The number of aromatic nitrogens is 1. The number of halogens is 3. The van der Waals surface area contributed by atoms with E-state index >= 15 is 0 Å². The van der Waals surface area contributed by atoms with E-state index < -0.39 is 16.4 Å². The molecule has 0 bridgehead atoms. The molecule has 0 unspecified atom stereocenters. The quantitative estimate of drug-likeness (QED) is 0.671. The zero-order valence-corrected chi connectivity index (χ0v) is 11.7. The van der Waals surface area contributed by atoms with Gasteiger partial charge in [0, 0.05) is 17.7 Å². The van der Waals surface area contributed by atoms with Crippen molar-refractivity contribution in [1.29, 1.82) is 0 Å². The Morgan fingerprint density at radius 2 is 2.00 bits per heavy atom. The van der Waals surface area contributed by atoms with Gasteiger partial charge in [0.05, 0.1) is 27.0 Å². The highest BCUT2D eigenvalue weighted by atomic mass is 35.5. The Balaban J connectivity index is 2.69. The molecular weight excluding hydrogens is 308 g/mol. The molecule has 0 aliphatic rings. The number of nitro groups is 1. The molecule has 0 saturated heterocycles. The van der Waals surface area contributed by atoms with Crippen molar-refractivity contribution in [2.75, 3.05) is 5.73 Å². The second-order valence-electron chi connectivity index (χ2n) is 4.04. The fraction of sp³-hybridized carbons (Fsp3) is 0.0833. The average molecular weight is 316 g/mol. The van der Waals surface area contributed by atoms with Gasteiger partial charge in [0.15, 0.2) is 0 Å². The van der Waals surface area contributed by atoms with E-state index in [4.69, 9.17) is 28.9 Å². The van der Waals surface area contributed by atoms with Gasteiger partial charge in [-0.1, -0.05) is 23.2 Å². The van der Waals surface area contributed by atoms with Crippen molar-refractivity contribution >= 4 is 34.6 Å². The Morgan fingerprint density at radius 3 is 2.55 bits per heavy atom. The molecule has 0 amide bonds. The fourth-order valence-electron chi connectivity index (χ4n) is 1.69. The van der Waals surface area contributed by atoms with E-state index in [0.717, 1.165) is 12.1 Å². The summed E-state index contributed by atoms with van der Waals surface area (Å²) < 4.78 is 13.9. The maximum absolute atomic E-state index is 13.9. The summed E-state index contributed by atoms with van der Waals surface area (Å²) in [5.74, 6) is -0.728. The fourth-order valence-corrected chi connectivity index (χ4v) is 2.01. The Kier molecular flexibility index (Phi) is 3.78. The molecular formula is C12H8Cl2FN3O2. The molecule has 0 aliphatic heterocycles. The number of rotatable bonds is 2. The molecule has 0 saturated carbocycles. The summed E-state index contributed by atoms with van der Waals surface area (Å²) in [5.41, 5.74) is 5.98. The summed E-state index contributed by atoms with van der Waals surface area (Å²) in [6.45, 7) is 1.60. The highest BCUT2D eigenvalue weighted by Gasteiger charge is 2.19. The van der Waals surface area contributed by atoms with E-state index in [-0.39, 0.29) is 27.0 Å². The Morgan fingerprint density at radius 1 is 1.35 bits per heavy atom. The number of benzene rings is 1. The molecule has 2 rings (SSSR count). The molecule has 1 heterocycles. The smallest absolute Gasteiger partial charge is 0.288 e. The van der Waals surface area contributed by atoms with Gasteiger partial charge < -0.3 is 5.73 Å². The lowest BCUT2D eigenvalue weighted by molar-refractivity contribution is -0.384. The van der Waals surface area contributed by atoms with Crippen LogP contribution in [-0.2, 0) is 0 Å². The first-order valence-electron chi connectivity index (χ1n) is 5.37. The standard InChI is InChI=1S/C12H8Cl2FN3O2/c1-5-12(14)9(16)4-10(17-5)6-2-11(18(19)20)7(13)3-8(6)15/h2-4H,1H3,(H2,16,17). The molecule has 0 aliphatic carbocycles. The van der Waals surface area contributed by atoms with Gasteiger partial charge in [0.25, 0.3) is 5.69 Å². The number of anilines is 1. The maximum atomic E-state index is 13.9. The van der Waals surface area contributed by atoms with E-state index in [2.05, 4.69) is 4.98 Å². The Bertz CT molecular complexity index is 699. The van der Waals surface area contributed by atoms with E-state index in [9.17, 15) is 14.5 Å². The largest absolute Gasteiger partial charge is 0.397 e. The average Bonchev–Trinajstić information content (AvgIpc) is 2.35. The minimum Gasteiger partial charge on any atom is -0.397 e. The van der Waals surface area contributed by atoms with Crippen LogP contribution in [0.25, 0.3) is 11.3 Å². The second-order valence-corrected chi connectivity index (χ2v) is 4.82. The van der Waals surface area contributed by atoms with Crippen molar-refractivity contribution in [3.63, 3.8) is 0 Å². The first kappa shape index (κ1) is 14.5. The number of aryl methyl sites for hydroxylation is 1. The zero-order chi connectivity index (χ0) is 15.0. The third kappa shape index (κ3) is 2.52. The van der Waals surface area contributed by atoms with Crippen LogP contribution in [0.15, 0.2) is 18.2 Å². The molecule has 2 aromatic rings. The van der Waals surface area contributed by atoms with Gasteiger partial charge in [-0.15, -0.1) is 0 Å². The van der Waals surface area contributed by atoms with Gasteiger partial charge in [-0.2, -0.15) is 0 Å². The number of nitrogens with two attached hydrogens (primary N) is 1. The topological polar surface area (TPSA) is 82.0 Å². The molecule has 2 N–H and O–H groups in total. The summed E-state index contributed by atoms with van der Waals surface area (Å²) in [4.78, 5) is 14.2. The summed E-state index contributed by atoms with van der Waals surface area (Å²) in [6.07, 6.45) is 0. The Hall–Kier alpha value is -1.92.